The highest BCUT2D eigenvalue weighted by Gasteiger charge is 2.50. The summed E-state index contributed by atoms with van der Waals surface area (Å²) < 4.78 is 5.78. The van der Waals surface area contributed by atoms with E-state index in [1.54, 1.807) is 0 Å². The zero-order valence-corrected chi connectivity index (χ0v) is 13.9. The Morgan fingerprint density at radius 1 is 1.24 bits per heavy atom. The van der Waals surface area contributed by atoms with E-state index in [1.165, 1.54) is 11.1 Å². The second-order valence-corrected chi connectivity index (χ2v) is 6.31. The summed E-state index contributed by atoms with van der Waals surface area (Å²) in [4.78, 5) is 10.1. The van der Waals surface area contributed by atoms with Gasteiger partial charge in [0.05, 0.1) is 11.7 Å². The van der Waals surface area contributed by atoms with Crippen molar-refractivity contribution in [2.45, 2.75) is 77.9 Å². The second-order valence-electron chi connectivity index (χ2n) is 6.31. The lowest BCUT2D eigenvalue weighted by molar-refractivity contribution is -0.103. The lowest BCUT2D eigenvalue weighted by Crippen LogP contribution is -2.09. The molecule has 2 atom stereocenters. The number of allylic oxidation sites excluding steroid dienone is 4. The molecule has 0 aromatic rings. The van der Waals surface area contributed by atoms with Crippen LogP contribution in [0.15, 0.2) is 23.3 Å². The molecule has 2 heteroatoms. The van der Waals surface area contributed by atoms with Gasteiger partial charge in [0.2, 0.25) is 0 Å². The molecule has 0 aliphatic carbocycles. The molecule has 0 bridgehead atoms. The molecule has 1 aliphatic heterocycles. The van der Waals surface area contributed by atoms with Crippen LogP contribution < -0.4 is 0 Å². The molecule has 21 heavy (non-hydrogen) atoms. The minimum atomic E-state index is 0.0273. The molecule has 0 unspecified atom stereocenters. The molecule has 0 saturated carbocycles. The van der Waals surface area contributed by atoms with Gasteiger partial charge in [-0.2, -0.15) is 0 Å². The van der Waals surface area contributed by atoms with Crippen LogP contribution in [0.5, 0.6) is 0 Å². The van der Waals surface area contributed by atoms with E-state index in [9.17, 15) is 4.79 Å². The molecule has 1 fully saturated rings. The first kappa shape index (κ1) is 17.7. The Morgan fingerprint density at radius 3 is 2.67 bits per heavy atom. The molecule has 2 nitrogen and oxygen atoms in total. The van der Waals surface area contributed by atoms with Gasteiger partial charge in [0.15, 0.2) is 6.29 Å². The van der Waals surface area contributed by atoms with Gasteiger partial charge in [0.25, 0.3) is 0 Å². The normalized spacial score (nSPS) is 24.0. The fourth-order valence-electron chi connectivity index (χ4n) is 2.49. The Bertz CT molecular complexity index is 458. The van der Waals surface area contributed by atoms with Crippen molar-refractivity contribution < 1.29 is 9.53 Å². The summed E-state index contributed by atoms with van der Waals surface area (Å²) in [6, 6.07) is 0. The Hall–Kier alpha value is -1.33. The molecule has 1 aliphatic rings. The van der Waals surface area contributed by atoms with E-state index in [4.69, 9.17) is 4.74 Å². The quantitative estimate of drug-likeness (QED) is 0.283. The fraction of sp³-hybridized carbons (Fsp3) is 0.632. The average Bonchev–Trinajstić information content (AvgIpc) is 3.05. The summed E-state index contributed by atoms with van der Waals surface area (Å²) >= 11 is 0. The van der Waals surface area contributed by atoms with Gasteiger partial charge in [-0.1, -0.05) is 29.2 Å². The summed E-state index contributed by atoms with van der Waals surface area (Å²) in [5.74, 6) is 5.28. The van der Waals surface area contributed by atoms with Crippen molar-refractivity contribution in [1.29, 1.82) is 0 Å². The van der Waals surface area contributed by atoms with E-state index >= 15 is 0 Å². The van der Waals surface area contributed by atoms with E-state index in [0.29, 0.717) is 12.4 Å². The van der Waals surface area contributed by atoms with Crippen LogP contribution in [0.3, 0.4) is 0 Å². The number of aldehydes is 1. The summed E-state index contributed by atoms with van der Waals surface area (Å²) in [6.07, 6.45) is 11.7. The van der Waals surface area contributed by atoms with Crippen LogP contribution in [0.25, 0.3) is 0 Å². The molecule has 0 amide bonds. The van der Waals surface area contributed by atoms with Crippen LogP contribution in [0, 0.1) is 11.8 Å². The lowest BCUT2D eigenvalue weighted by atomic mass is 9.97. The summed E-state index contributed by atoms with van der Waals surface area (Å²) in [6.45, 7) is 8.67. The first-order chi connectivity index (χ1) is 9.98. The zero-order valence-electron chi connectivity index (χ0n) is 13.9. The minimum Gasteiger partial charge on any atom is -0.366 e. The minimum absolute atomic E-state index is 0.0273. The topological polar surface area (TPSA) is 29.6 Å². The van der Waals surface area contributed by atoms with Gasteiger partial charge in [-0.05, 0) is 65.7 Å². The maximum atomic E-state index is 10.1. The standard InChI is InChI=1S/C19H28O2/c1-16(2)10-8-11-17(3)12-9-14-19(4)18(21-19)13-6-5-7-15-20/h10,12,15,18H,6,8-9,11,13-14H2,1-4H3/b17-12+/t18-,19-/m1/s1. The van der Waals surface area contributed by atoms with Crippen LogP contribution in [0.2, 0.25) is 0 Å². The van der Waals surface area contributed by atoms with Crippen molar-refractivity contribution in [3.05, 3.63) is 23.3 Å². The van der Waals surface area contributed by atoms with E-state index in [-0.39, 0.29) is 5.60 Å². The maximum absolute atomic E-state index is 10.1. The average molecular weight is 288 g/mol. The predicted octanol–water partition coefficient (Wildman–Crippen LogP) is 4.60. The van der Waals surface area contributed by atoms with E-state index in [2.05, 4.69) is 51.7 Å². The fourth-order valence-corrected chi connectivity index (χ4v) is 2.49. The summed E-state index contributed by atoms with van der Waals surface area (Å²) in [5, 5.41) is 0. The van der Waals surface area contributed by atoms with E-state index in [1.807, 2.05) is 0 Å². The van der Waals surface area contributed by atoms with Gasteiger partial charge in [0, 0.05) is 6.42 Å². The molecule has 1 heterocycles. The number of carbonyl (C=O) groups is 1. The number of rotatable bonds is 8. The third-order valence-electron chi connectivity index (χ3n) is 3.95. The Morgan fingerprint density at radius 2 is 2.00 bits per heavy atom. The molecular formula is C19H28O2. The van der Waals surface area contributed by atoms with Gasteiger partial charge in [0.1, 0.15) is 0 Å². The van der Waals surface area contributed by atoms with E-state index < -0.39 is 0 Å². The van der Waals surface area contributed by atoms with Crippen molar-refractivity contribution >= 4 is 6.29 Å². The smallest absolute Gasteiger partial charge is 0.192 e. The number of hydrogen-bond acceptors (Lipinski definition) is 2. The summed E-state index contributed by atoms with van der Waals surface area (Å²) in [7, 11) is 0. The van der Waals surface area contributed by atoms with Crippen LogP contribution >= 0.6 is 0 Å². The van der Waals surface area contributed by atoms with Gasteiger partial charge in [-0.25, -0.2) is 0 Å². The van der Waals surface area contributed by atoms with Crippen molar-refractivity contribution in [2.75, 3.05) is 0 Å². The number of epoxide rings is 1. The van der Waals surface area contributed by atoms with Gasteiger partial charge in [-0.15, -0.1) is 0 Å². The number of ether oxygens (including phenoxy) is 1. The van der Waals surface area contributed by atoms with Crippen molar-refractivity contribution in [3.8, 4) is 11.8 Å². The Balaban J connectivity index is 2.20. The third-order valence-corrected chi connectivity index (χ3v) is 3.95. The first-order valence-electron chi connectivity index (χ1n) is 7.87. The molecule has 0 spiro atoms. The van der Waals surface area contributed by atoms with Crippen LogP contribution in [-0.4, -0.2) is 18.0 Å². The summed E-state index contributed by atoms with van der Waals surface area (Å²) in [5.41, 5.74) is 2.88. The molecule has 116 valence electrons. The Kier molecular flexibility index (Phi) is 7.47. The van der Waals surface area contributed by atoms with E-state index in [0.717, 1.165) is 38.5 Å². The maximum Gasteiger partial charge on any atom is 0.192 e. The first-order valence-corrected chi connectivity index (χ1v) is 7.87. The second kappa shape index (κ2) is 8.85. The highest BCUT2D eigenvalue weighted by atomic mass is 16.6. The van der Waals surface area contributed by atoms with Crippen molar-refractivity contribution in [1.82, 2.24) is 0 Å². The molecule has 0 aromatic carbocycles. The van der Waals surface area contributed by atoms with Crippen molar-refractivity contribution in [2.24, 2.45) is 0 Å². The molecule has 1 saturated heterocycles. The highest BCUT2D eigenvalue weighted by molar-refractivity contribution is 5.72. The van der Waals surface area contributed by atoms with Crippen LogP contribution in [0.4, 0.5) is 0 Å². The number of carbonyl (C=O) groups excluding carboxylic acids is 1. The Labute approximate surface area is 129 Å². The molecule has 0 radical (unpaired) electrons. The molecule has 1 rings (SSSR count). The van der Waals surface area contributed by atoms with Crippen molar-refractivity contribution in [3.63, 3.8) is 0 Å². The van der Waals surface area contributed by atoms with Crippen LogP contribution in [-0.2, 0) is 9.53 Å². The van der Waals surface area contributed by atoms with Gasteiger partial charge >= 0.3 is 0 Å². The lowest BCUT2D eigenvalue weighted by Gasteiger charge is -2.04. The van der Waals surface area contributed by atoms with Gasteiger partial charge < -0.3 is 4.74 Å². The largest absolute Gasteiger partial charge is 0.366 e. The third kappa shape index (κ3) is 7.29. The number of hydrogen-bond donors (Lipinski definition) is 0. The van der Waals surface area contributed by atoms with Crippen LogP contribution in [0.1, 0.15) is 66.2 Å². The molecule has 0 aromatic heterocycles. The monoisotopic (exact) mass is 288 g/mol. The molecular weight excluding hydrogens is 260 g/mol. The molecule has 0 N–H and O–H groups in total. The highest BCUT2D eigenvalue weighted by Crippen LogP contribution is 2.42. The predicted molar refractivity (Wildman–Crippen MR) is 88.0 cm³/mol. The SMILES string of the molecule is CC(C)=CCC/C(C)=C/CC[C@@]1(C)O[C@@H]1CCC#CC=O. The van der Waals surface area contributed by atoms with Gasteiger partial charge in [-0.3, -0.25) is 4.79 Å². The zero-order chi connectivity index (χ0) is 15.7.